The van der Waals surface area contributed by atoms with Gasteiger partial charge in [0, 0.05) is 5.41 Å². The van der Waals surface area contributed by atoms with E-state index in [9.17, 15) is 0 Å². The fourth-order valence-corrected chi connectivity index (χ4v) is 6.06. The van der Waals surface area contributed by atoms with E-state index in [0.29, 0.717) is 6.61 Å². The van der Waals surface area contributed by atoms with Gasteiger partial charge in [0.25, 0.3) is 0 Å². The lowest BCUT2D eigenvalue weighted by molar-refractivity contribution is -0.0830. The van der Waals surface area contributed by atoms with Gasteiger partial charge in [0.2, 0.25) is 0 Å². The zero-order chi connectivity index (χ0) is 16.1. The van der Waals surface area contributed by atoms with Crippen LogP contribution in [0.3, 0.4) is 0 Å². The second-order valence-corrected chi connectivity index (χ2v) is 8.01. The molecule has 0 saturated heterocycles. The number of rotatable bonds is 8. The van der Waals surface area contributed by atoms with E-state index < -0.39 is 0 Å². The average Bonchev–Trinajstić information content (AvgIpc) is 3.16. The summed E-state index contributed by atoms with van der Waals surface area (Å²) < 4.78 is 12.0. The Kier molecular flexibility index (Phi) is 5.85. The van der Waals surface area contributed by atoms with Gasteiger partial charge in [-0.1, -0.05) is 44.3 Å². The van der Waals surface area contributed by atoms with Crippen LogP contribution in [0.5, 0.6) is 0 Å². The first-order chi connectivity index (χ1) is 11.3. The minimum atomic E-state index is 0.243. The van der Waals surface area contributed by atoms with Crippen LogP contribution in [-0.2, 0) is 9.47 Å². The molecule has 0 spiro atoms. The van der Waals surface area contributed by atoms with E-state index in [0.717, 1.165) is 36.9 Å². The lowest BCUT2D eigenvalue weighted by Crippen LogP contribution is -2.47. The summed E-state index contributed by atoms with van der Waals surface area (Å²) in [7, 11) is 0. The molecule has 0 N–H and O–H groups in total. The van der Waals surface area contributed by atoms with Crippen LogP contribution < -0.4 is 0 Å². The standard InChI is InChI=1S/C21H34O2/c1-3-12-22-15-21(16-23-13-4-2)19-11-10-18(14-19)20(21)17-8-6-5-7-9-17/h3-4,13,17-20H,1,5-12,14-16H2,2H3. The molecule has 3 aliphatic carbocycles. The maximum Gasteiger partial charge on any atom is 0.0956 e. The van der Waals surface area contributed by atoms with E-state index in [4.69, 9.17) is 9.47 Å². The highest BCUT2D eigenvalue weighted by molar-refractivity contribution is 5.08. The van der Waals surface area contributed by atoms with E-state index in [1.54, 1.807) is 0 Å². The fourth-order valence-electron chi connectivity index (χ4n) is 6.06. The fraction of sp³-hybridized carbons (Fsp3) is 0.810. The van der Waals surface area contributed by atoms with Gasteiger partial charge in [-0.25, -0.2) is 0 Å². The third kappa shape index (κ3) is 3.38. The molecule has 3 fully saturated rings. The van der Waals surface area contributed by atoms with Crippen molar-refractivity contribution in [1.82, 2.24) is 0 Å². The highest BCUT2D eigenvalue weighted by Crippen LogP contribution is 2.63. The summed E-state index contributed by atoms with van der Waals surface area (Å²) in [5.41, 5.74) is 0.243. The molecule has 0 aromatic carbocycles. The van der Waals surface area contributed by atoms with Gasteiger partial charge in [-0.15, -0.1) is 6.58 Å². The Morgan fingerprint density at radius 3 is 2.61 bits per heavy atom. The van der Waals surface area contributed by atoms with Crippen molar-refractivity contribution in [2.45, 2.75) is 58.3 Å². The number of fused-ring (bicyclic) bond motifs is 2. The van der Waals surface area contributed by atoms with Crippen LogP contribution >= 0.6 is 0 Å². The molecule has 2 bridgehead atoms. The molecule has 0 aliphatic heterocycles. The Balaban J connectivity index is 1.80. The number of hydrogen-bond donors (Lipinski definition) is 0. The lowest BCUT2D eigenvalue weighted by atomic mass is 9.60. The predicted octanol–water partition coefficient (Wildman–Crippen LogP) is 5.35. The molecule has 3 rings (SSSR count). The maximum atomic E-state index is 6.05. The normalized spacial score (nSPS) is 37.5. The molecule has 2 heteroatoms. The number of allylic oxidation sites excluding steroid dienone is 1. The Labute approximate surface area is 142 Å². The molecule has 3 aliphatic rings. The van der Waals surface area contributed by atoms with Crippen molar-refractivity contribution in [1.29, 1.82) is 0 Å². The van der Waals surface area contributed by atoms with Crippen LogP contribution in [0.2, 0.25) is 0 Å². The molecule has 0 aromatic heterocycles. The van der Waals surface area contributed by atoms with Crippen molar-refractivity contribution in [3.63, 3.8) is 0 Å². The third-order valence-electron chi connectivity index (χ3n) is 6.81. The van der Waals surface area contributed by atoms with Crippen molar-refractivity contribution in [3.05, 3.63) is 25.0 Å². The third-order valence-corrected chi connectivity index (χ3v) is 6.81. The smallest absolute Gasteiger partial charge is 0.0956 e. The van der Waals surface area contributed by atoms with Gasteiger partial charge in [0.05, 0.1) is 26.1 Å². The van der Waals surface area contributed by atoms with E-state index in [1.165, 1.54) is 51.4 Å². The summed E-state index contributed by atoms with van der Waals surface area (Å²) in [4.78, 5) is 0. The van der Waals surface area contributed by atoms with Gasteiger partial charge in [0.15, 0.2) is 0 Å². The van der Waals surface area contributed by atoms with E-state index in [2.05, 4.69) is 6.58 Å². The van der Waals surface area contributed by atoms with Crippen LogP contribution in [0, 0.1) is 29.1 Å². The SMILES string of the molecule is C=CCOCC1(COC=CC)C2CCC(C2)C1C1CCCCC1. The van der Waals surface area contributed by atoms with Crippen molar-refractivity contribution in [2.24, 2.45) is 29.1 Å². The van der Waals surface area contributed by atoms with Gasteiger partial charge in [-0.2, -0.15) is 0 Å². The van der Waals surface area contributed by atoms with Gasteiger partial charge in [-0.05, 0) is 49.9 Å². The van der Waals surface area contributed by atoms with Gasteiger partial charge in [0.1, 0.15) is 0 Å². The van der Waals surface area contributed by atoms with E-state index in [1.807, 2.05) is 25.3 Å². The van der Waals surface area contributed by atoms with Crippen LogP contribution in [0.15, 0.2) is 25.0 Å². The van der Waals surface area contributed by atoms with Crippen molar-refractivity contribution >= 4 is 0 Å². The zero-order valence-electron chi connectivity index (χ0n) is 14.8. The molecular formula is C21H34O2. The monoisotopic (exact) mass is 318 g/mol. The average molecular weight is 319 g/mol. The molecule has 0 radical (unpaired) electrons. The Morgan fingerprint density at radius 2 is 1.87 bits per heavy atom. The summed E-state index contributed by atoms with van der Waals surface area (Å²) in [6.45, 7) is 8.21. The first-order valence-electron chi connectivity index (χ1n) is 9.73. The maximum absolute atomic E-state index is 6.05. The van der Waals surface area contributed by atoms with Crippen molar-refractivity contribution in [2.75, 3.05) is 19.8 Å². The molecule has 4 unspecified atom stereocenters. The Hall–Kier alpha value is -0.760. The minimum absolute atomic E-state index is 0.243. The van der Waals surface area contributed by atoms with Gasteiger partial charge < -0.3 is 9.47 Å². The molecular weight excluding hydrogens is 284 g/mol. The zero-order valence-corrected chi connectivity index (χ0v) is 14.8. The van der Waals surface area contributed by atoms with Crippen molar-refractivity contribution < 1.29 is 9.47 Å². The summed E-state index contributed by atoms with van der Waals surface area (Å²) in [6.07, 6.45) is 17.1. The number of hydrogen-bond acceptors (Lipinski definition) is 2. The van der Waals surface area contributed by atoms with E-state index >= 15 is 0 Å². The summed E-state index contributed by atoms with van der Waals surface area (Å²) in [6, 6.07) is 0. The van der Waals surface area contributed by atoms with Gasteiger partial charge in [-0.3, -0.25) is 0 Å². The highest BCUT2D eigenvalue weighted by Gasteiger charge is 2.60. The molecule has 4 atom stereocenters. The van der Waals surface area contributed by atoms with Crippen LogP contribution in [-0.4, -0.2) is 19.8 Å². The molecule has 23 heavy (non-hydrogen) atoms. The molecule has 0 amide bonds. The first-order valence-corrected chi connectivity index (χ1v) is 9.73. The molecule has 130 valence electrons. The largest absolute Gasteiger partial charge is 0.501 e. The Morgan fingerprint density at radius 1 is 1.04 bits per heavy atom. The first kappa shape index (κ1) is 17.1. The molecule has 3 saturated carbocycles. The second kappa shape index (κ2) is 7.88. The topological polar surface area (TPSA) is 18.5 Å². The van der Waals surface area contributed by atoms with Crippen LogP contribution in [0.4, 0.5) is 0 Å². The van der Waals surface area contributed by atoms with E-state index in [-0.39, 0.29) is 5.41 Å². The number of ether oxygens (including phenoxy) is 2. The quantitative estimate of drug-likeness (QED) is 0.341. The minimum Gasteiger partial charge on any atom is -0.501 e. The predicted molar refractivity (Wildman–Crippen MR) is 95.1 cm³/mol. The molecule has 0 heterocycles. The molecule has 2 nitrogen and oxygen atoms in total. The lowest BCUT2D eigenvalue weighted by Gasteiger charge is -2.47. The van der Waals surface area contributed by atoms with Crippen LogP contribution in [0.1, 0.15) is 58.3 Å². The second-order valence-electron chi connectivity index (χ2n) is 8.01. The summed E-state index contributed by atoms with van der Waals surface area (Å²) in [5, 5.41) is 0. The highest BCUT2D eigenvalue weighted by atomic mass is 16.5. The molecule has 0 aromatic rings. The van der Waals surface area contributed by atoms with Gasteiger partial charge >= 0.3 is 0 Å². The van der Waals surface area contributed by atoms with Crippen LogP contribution in [0.25, 0.3) is 0 Å². The summed E-state index contributed by atoms with van der Waals surface area (Å²) >= 11 is 0. The van der Waals surface area contributed by atoms with Crippen molar-refractivity contribution in [3.8, 4) is 0 Å². The summed E-state index contributed by atoms with van der Waals surface area (Å²) in [5.74, 6) is 3.44. The Bertz CT molecular complexity index is 410.